The highest BCUT2D eigenvalue weighted by molar-refractivity contribution is 6.29. The molecule has 1 fully saturated rings. The van der Waals surface area contributed by atoms with Crippen molar-refractivity contribution < 1.29 is 5.11 Å². The zero-order valence-electron chi connectivity index (χ0n) is 8.54. The lowest BCUT2D eigenvalue weighted by Gasteiger charge is -2.15. The van der Waals surface area contributed by atoms with Crippen molar-refractivity contribution >= 4 is 17.4 Å². The minimum atomic E-state index is -0.000772. The quantitative estimate of drug-likeness (QED) is 0.779. The van der Waals surface area contributed by atoms with E-state index in [9.17, 15) is 0 Å². The zero-order chi connectivity index (χ0) is 10.7. The van der Waals surface area contributed by atoms with E-state index in [4.69, 9.17) is 16.7 Å². The molecule has 82 valence electrons. The molecule has 1 aliphatic rings. The Bertz CT molecular complexity index is 337. The van der Waals surface area contributed by atoms with E-state index in [-0.39, 0.29) is 6.61 Å². The lowest BCUT2D eigenvalue weighted by atomic mass is 10.2. The lowest BCUT2D eigenvalue weighted by molar-refractivity contribution is 0.282. The molecule has 0 unspecified atom stereocenters. The highest BCUT2D eigenvalue weighted by Crippen LogP contribution is 2.24. The van der Waals surface area contributed by atoms with Gasteiger partial charge in [0, 0.05) is 11.6 Å². The first-order valence-corrected chi connectivity index (χ1v) is 5.70. The summed E-state index contributed by atoms with van der Waals surface area (Å²) < 4.78 is 0. The summed E-state index contributed by atoms with van der Waals surface area (Å²) in [6.07, 6.45) is 4.90. The van der Waals surface area contributed by atoms with E-state index in [0.29, 0.717) is 11.2 Å². The minimum absolute atomic E-state index is 0.000772. The van der Waals surface area contributed by atoms with Crippen LogP contribution in [0.25, 0.3) is 0 Å². The van der Waals surface area contributed by atoms with Gasteiger partial charge in [-0.1, -0.05) is 24.4 Å². The van der Waals surface area contributed by atoms with Crippen LogP contribution in [0.3, 0.4) is 0 Å². The predicted molar refractivity (Wildman–Crippen MR) is 61.0 cm³/mol. The predicted octanol–water partition coefficient (Wildman–Crippen LogP) is 2.58. The summed E-state index contributed by atoms with van der Waals surface area (Å²) in [4.78, 5) is 4.20. The molecule has 0 amide bonds. The van der Waals surface area contributed by atoms with Crippen molar-refractivity contribution in [1.82, 2.24) is 4.98 Å². The van der Waals surface area contributed by atoms with E-state index >= 15 is 0 Å². The second-order valence-electron chi connectivity index (χ2n) is 3.93. The molecule has 2 N–H and O–H groups in total. The molecule has 1 aromatic heterocycles. The molecule has 1 aromatic rings. The van der Waals surface area contributed by atoms with Crippen molar-refractivity contribution in [1.29, 1.82) is 0 Å². The maximum atomic E-state index is 9.16. The van der Waals surface area contributed by atoms with Crippen LogP contribution in [0.2, 0.25) is 5.15 Å². The Labute approximate surface area is 94.5 Å². The summed E-state index contributed by atoms with van der Waals surface area (Å²) in [6, 6.07) is 4.00. The fourth-order valence-electron chi connectivity index (χ4n) is 1.98. The molecule has 2 rings (SSSR count). The van der Waals surface area contributed by atoms with E-state index in [0.717, 1.165) is 11.4 Å². The normalized spacial score (nSPS) is 16.9. The smallest absolute Gasteiger partial charge is 0.133 e. The molecule has 0 atom stereocenters. The Kier molecular flexibility index (Phi) is 3.44. The third-order valence-electron chi connectivity index (χ3n) is 2.81. The van der Waals surface area contributed by atoms with Crippen LogP contribution < -0.4 is 5.32 Å². The molecule has 0 spiro atoms. The number of nitrogens with one attached hydrogen (secondary N) is 1. The average Bonchev–Trinajstić information content (AvgIpc) is 2.71. The number of hydrogen-bond acceptors (Lipinski definition) is 3. The van der Waals surface area contributed by atoms with Gasteiger partial charge in [0.1, 0.15) is 11.0 Å². The Morgan fingerprint density at radius 3 is 2.80 bits per heavy atom. The van der Waals surface area contributed by atoms with Gasteiger partial charge < -0.3 is 10.4 Å². The molecule has 1 saturated carbocycles. The van der Waals surface area contributed by atoms with Crippen molar-refractivity contribution in [3.63, 3.8) is 0 Å². The van der Waals surface area contributed by atoms with E-state index in [2.05, 4.69) is 10.3 Å². The Hall–Kier alpha value is -0.800. The molecule has 1 aliphatic carbocycles. The highest BCUT2D eigenvalue weighted by Gasteiger charge is 2.16. The molecule has 0 saturated heterocycles. The fraction of sp³-hybridized carbons (Fsp3) is 0.545. The maximum absolute atomic E-state index is 9.16. The van der Waals surface area contributed by atoms with Crippen LogP contribution in [-0.2, 0) is 6.61 Å². The van der Waals surface area contributed by atoms with Gasteiger partial charge in [-0.25, -0.2) is 4.98 Å². The largest absolute Gasteiger partial charge is 0.392 e. The second-order valence-corrected chi connectivity index (χ2v) is 4.31. The van der Waals surface area contributed by atoms with Gasteiger partial charge >= 0.3 is 0 Å². The van der Waals surface area contributed by atoms with Crippen LogP contribution in [0.4, 0.5) is 5.82 Å². The summed E-state index contributed by atoms with van der Waals surface area (Å²) in [6.45, 7) is -0.000772. The topological polar surface area (TPSA) is 45.2 Å². The summed E-state index contributed by atoms with van der Waals surface area (Å²) in [5, 5.41) is 13.0. The average molecular weight is 227 g/mol. The first kappa shape index (κ1) is 10.7. The number of rotatable bonds is 3. The van der Waals surface area contributed by atoms with Gasteiger partial charge in [0.25, 0.3) is 0 Å². The van der Waals surface area contributed by atoms with Gasteiger partial charge in [-0.2, -0.15) is 0 Å². The first-order valence-electron chi connectivity index (χ1n) is 5.32. The molecule has 0 bridgehead atoms. The fourth-order valence-corrected chi connectivity index (χ4v) is 2.13. The highest BCUT2D eigenvalue weighted by atomic mass is 35.5. The van der Waals surface area contributed by atoms with Crippen molar-refractivity contribution in [2.75, 3.05) is 5.32 Å². The number of aliphatic hydroxyl groups is 1. The number of hydrogen-bond donors (Lipinski definition) is 2. The lowest BCUT2D eigenvalue weighted by Crippen LogP contribution is -2.17. The molecule has 0 aromatic carbocycles. The Morgan fingerprint density at radius 2 is 2.13 bits per heavy atom. The van der Waals surface area contributed by atoms with Gasteiger partial charge in [0.05, 0.1) is 6.61 Å². The molecule has 4 heteroatoms. The van der Waals surface area contributed by atoms with Crippen molar-refractivity contribution in [3.05, 3.63) is 22.8 Å². The molecule has 3 nitrogen and oxygen atoms in total. The van der Waals surface area contributed by atoms with Crippen LogP contribution in [-0.4, -0.2) is 16.1 Å². The zero-order valence-corrected chi connectivity index (χ0v) is 9.30. The van der Waals surface area contributed by atoms with Crippen LogP contribution in [0.5, 0.6) is 0 Å². The second kappa shape index (κ2) is 4.81. The summed E-state index contributed by atoms with van der Waals surface area (Å²) in [5.74, 6) is 0.733. The van der Waals surface area contributed by atoms with E-state index in [1.54, 1.807) is 6.07 Å². The number of aromatic nitrogens is 1. The minimum Gasteiger partial charge on any atom is -0.392 e. The van der Waals surface area contributed by atoms with Crippen LogP contribution >= 0.6 is 11.6 Å². The summed E-state index contributed by atoms with van der Waals surface area (Å²) in [7, 11) is 0. The molecular formula is C11H15ClN2O. The number of nitrogens with zero attached hydrogens (tertiary/aromatic N) is 1. The van der Waals surface area contributed by atoms with Gasteiger partial charge in [-0.15, -0.1) is 0 Å². The van der Waals surface area contributed by atoms with E-state index in [1.807, 2.05) is 6.07 Å². The molecule has 0 radical (unpaired) electrons. The van der Waals surface area contributed by atoms with Gasteiger partial charge in [-0.05, 0) is 25.0 Å². The van der Waals surface area contributed by atoms with Crippen molar-refractivity contribution in [2.45, 2.75) is 38.3 Å². The molecule has 1 heterocycles. The third-order valence-corrected chi connectivity index (χ3v) is 3.02. The first-order chi connectivity index (χ1) is 7.29. The van der Waals surface area contributed by atoms with Crippen molar-refractivity contribution in [2.24, 2.45) is 0 Å². The third kappa shape index (κ3) is 2.61. The van der Waals surface area contributed by atoms with Gasteiger partial charge in [-0.3, -0.25) is 0 Å². The van der Waals surface area contributed by atoms with Gasteiger partial charge in [0.15, 0.2) is 0 Å². The Balaban J connectivity index is 2.14. The molecule has 15 heavy (non-hydrogen) atoms. The monoisotopic (exact) mass is 226 g/mol. The molecule has 0 aliphatic heterocycles. The van der Waals surface area contributed by atoms with E-state index < -0.39 is 0 Å². The number of halogens is 1. The Morgan fingerprint density at radius 1 is 1.40 bits per heavy atom. The van der Waals surface area contributed by atoms with E-state index in [1.165, 1.54) is 25.7 Å². The van der Waals surface area contributed by atoms with Crippen molar-refractivity contribution in [3.8, 4) is 0 Å². The number of pyridine rings is 1. The molecular weight excluding hydrogens is 212 g/mol. The number of anilines is 1. The summed E-state index contributed by atoms with van der Waals surface area (Å²) >= 11 is 5.83. The van der Waals surface area contributed by atoms with Crippen LogP contribution in [0.1, 0.15) is 31.2 Å². The van der Waals surface area contributed by atoms with Crippen LogP contribution in [0.15, 0.2) is 12.1 Å². The SMILES string of the molecule is OCc1ccc(Cl)nc1NC1CCCC1. The maximum Gasteiger partial charge on any atom is 0.133 e. The van der Waals surface area contributed by atoms with Gasteiger partial charge in [0.2, 0.25) is 0 Å². The number of aliphatic hydroxyl groups excluding tert-OH is 1. The summed E-state index contributed by atoms with van der Waals surface area (Å²) in [5.41, 5.74) is 0.811. The standard InChI is InChI=1S/C11H15ClN2O/c12-10-6-5-8(7-15)11(14-10)13-9-3-1-2-4-9/h5-6,9,15H,1-4,7H2,(H,13,14). The van der Waals surface area contributed by atoms with Crippen LogP contribution in [0, 0.1) is 0 Å².